The Balaban J connectivity index is 1.64. The van der Waals surface area contributed by atoms with Gasteiger partial charge in [-0.15, -0.1) is 0 Å². The van der Waals surface area contributed by atoms with Gasteiger partial charge in [0.2, 0.25) is 0 Å². The van der Waals surface area contributed by atoms with Gasteiger partial charge in [0, 0.05) is 5.92 Å². The van der Waals surface area contributed by atoms with Gasteiger partial charge in [0.05, 0.1) is 26.4 Å². The molecule has 26 heavy (non-hydrogen) atoms. The number of aryl methyl sites for hydroxylation is 2. The lowest BCUT2D eigenvalue weighted by molar-refractivity contribution is -0.0628. The molecule has 2 fully saturated rings. The van der Waals surface area contributed by atoms with Gasteiger partial charge in [-0.2, -0.15) is 0 Å². The van der Waals surface area contributed by atoms with Crippen LogP contribution in [0, 0.1) is 19.8 Å². The highest BCUT2D eigenvalue weighted by Gasteiger charge is 2.59. The first-order valence-electron chi connectivity index (χ1n) is 8.83. The first kappa shape index (κ1) is 17.3. The summed E-state index contributed by atoms with van der Waals surface area (Å²) in [6.45, 7) is 4.76. The van der Waals surface area contributed by atoms with Crippen LogP contribution in [-0.4, -0.2) is 36.1 Å². The smallest absolute Gasteiger partial charge is 0.160 e. The predicted octanol–water partition coefficient (Wildman–Crippen LogP) is 3.21. The van der Waals surface area contributed by atoms with E-state index in [1.807, 2.05) is 6.07 Å². The molecule has 0 bridgehead atoms. The van der Waals surface area contributed by atoms with E-state index in [-0.39, 0.29) is 24.4 Å². The van der Waals surface area contributed by atoms with E-state index in [9.17, 15) is 10.2 Å². The average molecular weight is 356 g/mol. The summed E-state index contributed by atoms with van der Waals surface area (Å²) in [6.07, 6.45) is -0.707. The summed E-state index contributed by atoms with van der Waals surface area (Å²) < 4.78 is 17.2. The van der Waals surface area contributed by atoms with Gasteiger partial charge in [0.15, 0.2) is 11.5 Å². The molecule has 0 amide bonds. The number of aliphatic hydroxyl groups is 1. The molecular formula is C21H24O5. The lowest BCUT2D eigenvalue weighted by Crippen LogP contribution is -2.39. The summed E-state index contributed by atoms with van der Waals surface area (Å²) in [5.74, 6) is 0.301. The summed E-state index contributed by atoms with van der Waals surface area (Å²) >= 11 is 0. The van der Waals surface area contributed by atoms with Crippen LogP contribution in [0.25, 0.3) is 0 Å². The van der Waals surface area contributed by atoms with E-state index in [0.29, 0.717) is 12.4 Å². The van der Waals surface area contributed by atoms with Crippen molar-refractivity contribution >= 4 is 0 Å². The van der Waals surface area contributed by atoms with E-state index in [2.05, 4.69) is 26.0 Å². The number of phenolic OH excluding ortho intramolecular Hbond substituents is 1. The summed E-state index contributed by atoms with van der Waals surface area (Å²) in [5.41, 5.74) is 3.16. The highest BCUT2D eigenvalue weighted by molar-refractivity contribution is 5.43. The van der Waals surface area contributed by atoms with Crippen molar-refractivity contribution in [1.82, 2.24) is 0 Å². The molecule has 0 saturated carbocycles. The molecule has 4 atom stereocenters. The molecule has 0 radical (unpaired) electrons. The van der Waals surface area contributed by atoms with Crippen LogP contribution < -0.4 is 4.74 Å². The number of hydrogen-bond donors (Lipinski definition) is 2. The van der Waals surface area contributed by atoms with Crippen molar-refractivity contribution in [2.45, 2.75) is 31.7 Å². The van der Waals surface area contributed by atoms with Crippen molar-refractivity contribution in [2.24, 2.45) is 5.92 Å². The molecule has 138 valence electrons. The lowest BCUT2D eigenvalue weighted by Gasteiger charge is -2.27. The second-order valence-corrected chi connectivity index (χ2v) is 7.32. The average Bonchev–Trinajstić information content (AvgIpc) is 3.13. The number of aromatic hydroxyl groups is 1. The molecule has 4 rings (SSSR count). The Bertz CT molecular complexity index is 833. The number of fused-ring (bicyclic) bond motifs is 1. The highest BCUT2D eigenvalue weighted by Crippen LogP contribution is 2.53. The number of methoxy groups -OCH3 is 1. The molecule has 0 aromatic heterocycles. The van der Waals surface area contributed by atoms with Crippen molar-refractivity contribution in [3.05, 3.63) is 58.7 Å². The van der Waals surface area contributed by atoms with Crippen LogP contribution in [0.5, 0.6) is 11.5 Å². The molecular weight excluding hydrogens is 332 g/mol. The Morgan fingerprint density at radius 2 is 1.81 bits per heavy atom. The minimum atomic E-state index is -1.07. The van der Waals surface area contributed by atoms with Gasteiger partial charge < -0.3 is 24.4 Å². The topological polar surface area (TPSA) is 68.2 Å². The van der Waals surface area contributed by atoms with E-state index in [0.717, 1.165) is 11.1 Å². The van der Waals surface area contributed by atoms with Crippen LogP contribution in [0.3, 0.4) is 0 Å². The van der Waals surface area contributed by atoms with E-state index >= 15 is 0 Å². The zero-order valence-corrected chi connectivity index (χ0v) is 15.2. The van der Waals surface area contributed by atoms with Crippen LogP contribution in [0.15, 0.2) is 36.4 Å². The quantitative estimate of drug-likeness (QED) is 0.884. The van der Waals surface area contributed by atoms with Crippen LogP contribution in [0.1, 0.15) is 34.5 Å². The number of benzene rings is 2. The van der Waals surface area contributed by atoms with Crippen LogP contribution in [0.4, 0.5) is 0 Å². The first-order valence-corrected chi connectivity index (χ1v) is 8.83. The lowest BCUT2D eigenvalue weighted by atomic mass is 9.80. The first-order chi connectivity index (χ1) is 12.4. The van der Waals surface area contributed by atoms with Crippen molar-refractivity contribution in [1.29, 1.82) is 0 Å². The van der Waals surface area contributed by atoms with E-state index < -0.39 is 11.7 Å². The standard InChI is InChI=1S/C21H24O5/c1-12-4-5-15(8-13(12)2)20-21(23)11-26-19(16(21)10-25-20)14-6-7-17(22)18(9-14)24-3/h4-9,16,19-20,22-23H,10-11H2,1-3H3. The molecule has 0 spiro atoms. The molecule has 4 unspecified atom stereocenters. The Morgan fingerprint density at radius 1 is 1.04 bits per heavy atom. The molecule has 2 aliphatic rings. The van der Waals surface area contributed by atoms with Gasteiger partial charge in [-0.05, 0) is 48.2 Å². The molecule has 0 aliphatic carbocycles. The minimum absolute atomic E-state index is 0.0835. The molecule has 2 aromatic rings. The molecule has 2 saturated heterocycles. The number of rotatable bonds is 3. The maximum Gasteiger partial charge on any atom is 0.160 e. The molecule has 2 aromatic carbocycles. The summed E-state index contributed by atoms with van der Waals surface area (Å²) in [5, 5.41) is 21.2. The third-order valence-corrected chi connectivity index (χ3v) is 5.76. The SMILES string of the molecule is COc1cc(C2OCC3(O)C(c4ccc(C)c(C)c4)OCC23)ccc1O. The van der Waals surface area contributed by atoms with Crippen molar-refractivity contribution in [2.75, 3.05) is 20.3 Å². The van der Waals surface area contributed by atoms with Crippen molar-refractivity contribution in [3.8, 4) is 11.5 Å². The molecule has 2 N–H and O–H groups in total. The fourth-order valence-electron chi connectivity index (χ4n) is 4.07. The Kier molecular flexibility index (Phi) is 4.18. The second-order valence-electron chi connectivity index (χ2n) is 7.32. The maximum atomic E-state index is 11.4. The Morgan fingerprint density at radius 3 is 2.54 bits per heavy atom. The predicted molar refractivity (Wildman–Crippen MR) is 96.4 cm³/mol. The normalized spacial score (nSPS) is 30.4. The number of hydrogen-bond acceptors (Lipinski definition) is 5. The third kappa shape index (κ3) is 2.58. The maximum absolute atomic E-state index is 11.4. The fraction of sp³-hybridized carbons (Fsp3) is 0.429. The van der Waals surface area contributed by atoms with Crippen LogP contribution in [0.2, 0.25) is 0 Å². The Labute approximate surface area is 153 Å². The van der Waals surface area contributed by atoms with Gasteiger partial charge in [-0.25, -0.2) is 0 Å². The summed E-state index contributed by atoms with van der Waals surface area (Å²) in [6, 6.07) is 11.3. The van der Waals surface area contributed by atoms with Crippen LogP contribution >= 0.6 is 0 Å². The van der Waals surface area contributed by atoms with Gasteiger partial charge in [0.1, 0.15) is 11.7 Å². The van der Waals surface area contributed by atoms with Crippen molar-refractivity contribution in [3.63, 3.8) is 0 Å². The highest BCUT2D eigenvalue weighted by atomic mass is 16.6. The van der Waals surface area contributed by atoms with Gasteiger partial charge in [-0.1, -0.05) is 24.3 Å². The zero-order chi connectivity index (χ0) is 18.5. The minimum Gasteiger partial charge on any atom is -0.504 e. The van der Waals surface area contributed by atoms with Crippen molar-refractivity contribution < 1.29 is 24.4 Å². The Hall–Kier alpha value is -2.08. The molecule has 2 aliphatic heterocycles. The van der Waals surface area contributed by atoms with Crippen LogP contribution in [-0.2, 0) is 9.47 Å². The van der Waals surface area contributed by atoms with Gasteiger partial charge in [0.25, 0.3) is 0 Å². The van der Waals surface area contributed by atoms with E-state index in [1.54, 1.807) is 18.2 Å². The number of phenols is 1. The molecule has 5 nitrogen and oxygen atoms in total. The number of ether oxygens (including phenoxy) is 3. The van der Waals surface area contributed by atoms with Gasteiger partial charge >= 0.3 is 0 Å². The fourth-order valence-corrected chi connectivity index (χ4v) is 4.07. The van der Waals surface area contributed by atoms with Gasteiger partial charge in [-0.3, -0.25) is 0 Å². The monoisotopic (exact) mass is 356 g/mol. The largest absolute Gasteiger partial charge is 0.504 e. The second kappa shape index (κ2) is 6.27. The third-order valence-electron chi connectivity index (χ3n) is 5.76. The summed E-state index contributed by atoms with van der Waals surface area (Å²) in [7, 11) is 1.51. The van der Waals surface area contributed by atoms with E-state index in [1.165, 1.54) is 18.2 Å². The summed E-state index contributed by atoms with van der Waals surface area (Å²) in [4.78, 5) is 0. The zero-order valence-electron chi connectivity index (χ0n) is 15.2. The van der Waals surface area contributed by atoms with E-state index in [4.69, 9.17) is 14.2 Å². The molecule has 5 heteroatoms. The molecule has 2 heterocycles.